The Morgan fingerprint density at radius 1 is 1.23 bits per heavy atom. The molecule has 3 rings (SSSR count). The van der Waals surface area contributed by atoms with Crippen LogP contribution in [0, 0.1) is 5.92 Å². The summed E-state index contributed by atoms with van der Waals surface area (Å²) in [5, 5.41) is 3.22. The monoisotopic (exact) mass is 348 g/mol. The van der Waals surface area contributed by atoms with Gasteiger partial charge >= 0.3 is 0 Å². The number of nitrogens with one attached hydrogen (secondary N) is 2. The molecule has 0 saturated carbocycles. The Kier molecular flexibility index (Phi) is 5.55. The van der Waals surface area contributed by atoms with Gasteiger partial charge in [-0.2, -0.15) is 0 Å². The van der Waals surface area contributed by atoms with Gasteiger partial charge in [0, 0.05) is 18.7 Å². The molecule has 2 aliphatic rings. The van der Waals surface area contributed by atoms with E-state index >= 15 is 0 Å². The standard InChI is InChI=1S/C14H20N2O4S.ClH/c1-10-4-5-15-9-12(10)16-21(17,18)11-2-3-13-14(8-11)20-7-6-19-13;/h2-3,8,10,12,15-16H,4-7,9H2,1H3;1H. The minimum absolute atomic E-state index is 0. The van der Waals surface area contributed by atoms with Crippen LogP contribution in [0.3, 0.4) is 0 Å². The van der Waals surface area contributed by atoms with Crippen molar-refractivity contribution >= 4 is 22.4 Å². The Labute approximate surface area is 137 Å². The van der Waals surface area contributed by atoms with Crippen LogP contribution >= 0.6 is 12.4 Å². The van der Waals surface area contributed by atoms with Gasteiger partial charge in [-0.1, -0.05) is 6.92 Å². The van der Waals surface area contributed by atoms with E-state index in [0.717, 1.165) is 13.0 Å². The van der Waals surface area contributed by atoms with Gasteiger partial charge in [-0.3, -0.25) is 0 Å². The zero-order valence-electron chi connectivity index (χ0n) is 12.4. The van der Waals surface area contributed by atoms with Crippen LogP contribution in [0.25, 0.3) is 0 Å². The highest BCUT2D eigenvalue weighted by molar-refractivity contribution is 7.89. The third-order valence-corrected chi connectivity index (χ3v) is 5.45. The molecule has 1 fully saturated rings. The molecule has 2 aliphatic heterocycles. The van der Waals surface area contributed by atoms with Gasteiger partial charge in [-0.05, 0) is 31.0 Å². The zero-order chi connectivity index (χ0) is 14.9. The number of ether oxygens (including phenoxy) is 2. The van der Waals surface area contributed by atoms with E-state index in [1.807, 2.05) is 0 Å². The van der Waals surface area contributed by atoms with Crippen LogP contribution in [0.5, 0.6) is 11.5 Å². The van der Waals surface area contributed by atoms with Crippen molar-refractivity contribution in [2.24, 2.45) is 5.92 Å². The van der Waals surface area contributed by atoms with E-state index < -0.39 is 10.0 Å². The lowest BCUT2D eigenvalue weighted by Gasteiger charge is -2.30. The predicted molar refractivity (Wildman–Crippen MR) is 85.4 cm³/mol. The molecule has 2 unspecified atom stereocenters. The highest BCUT2D eigenvalue weighted by Crippen LogP contribution is 2.32. The number of hydrogen-bond acceptors (Lipinski definition) is 5. The summed E-state index contributed by atoms with van der Waals surface area (Å²) < 4.78 is 38.6. The highest BCUT2D eigenvalue weighted by atomic mass is 35.5. The number of sulfonamides is 1. The largest absolute Gasteiger partial charge is 0.486 e. The maximum Gasteiger partial charge on any atom is 0.241 e. The molecule has 0 radical (unpaired) electrons. The van der Waals surface area contributed by atoms with Gasteiger partial charge in [0.05, 0.1) is 4.90 Å². The molecule has 2 atom stereocenters. The summed E-state index contributed by atoms with van der Waals surface area (Å²) in [5.41, 5.74) is 0. The molecule has 0 aromatic heterocycles. The van der Waals surface area contributed by atoms with E-state index in [9.17, 15) is 8.42 Å². The first-order valence-corrected chi connectivity index (χ1v) is 8.67. The topological polar surface area (TPSA) is 76.7 Å². The third-order valence-electron chi connectivity index (χ3n) is 3.96. The zero-order valence-corrected chi connectivity index (χ0v) is 14.0. The van der Waals surface area contributed by atoms with Crippen molar-refractivity contribution in [3.63, 3.8) is 0 Å². The number of halogens is 1. The van der Waals surface area contributed by atoms with Crippen LogP contribution in [0.15, 0.2) is 23.1 Å². The molecule has 6 nitrogen and oxygen atoms in total. The molecule has 1 aromatic rings. The summed E-state index contributed by atoms with van der Waals surface area (Å²) in [6.45, 7) is 4.59. The lowest BCUT2D eigenvalue weighted by atomic mass is 9.96. The molecule has 22 heavy (non-hydrogen) atoms. The van der Waals surface area contributed by atoms with Crippen LogP contribution in [0.2, 0.25) is 0 Å². The van der Waals surface area contributed by atoms with E-state index in [1.165, 1.54) is 6.07 Å². The molecular weight excluding hydrogens is 328 g/mol. The van der Waals surface area contributed by atoms with Crippen molar-refractivity contribution in [3.8, 4) is 11.5 Å². The first-order valence-electron chi connectivity index (χ1n) is 7.19. The summed E-state index contributed by atoms with van der Waals surface area (Å²) in [6, 6.07) is 4.64. The maximum absolute atomic E-state index is 12.5. The van der Waals surface area contributed by atoms with Gasteiger partial charge in [-0.15, -0.1) is 12.4 Å². The molecule has 1 saturated heterocycles. The summed E-state index contributed by atoms with van der Waals surface area (Å²) in [4.78, 5) is 0.213. The minimum atomic E-state index is -3.55. The van der Waals surface area contributed by atoms with Crippen molar-refractivity contribution in [2.45, 2.75) is 24.3 Å². The number of benzene rings is 1. The molecule has 0 aliphatic carbocycles. The summed E-state index contributed by atoms with van der Waals surface area (Å²) in [7, 11) is -3.55. The number of piperidine rings is 1. The molecule has 0 bridgehead atoms. The summed E-state index contributed by atoms with van der Waals surface area (Å²) >= 11 is 0. The number of rotatable bonds is 3. The lowest BCUT2D eigenvalue weighted by molar-refractivity contribution is 0.171. The Bertz CT molecular complexity index is 623. The van der Waals surface area contributed by atoms with E-state index in [2.05, 4.69) is 17.0 Å². The van der Waals surface area contributed by atoms with Crippen LogP contribution in [-0.4, -0.2) is 40.8 Å². The van der Waals surface area contributed by atoms with Crippen LogP contribution < -0.4 is 19.5 Å². The Balaban J connectivity index is 0.00000176. The Morgan fingerprint density at radius 2 is 1.95 bits per heavy atom. The minimum Gasteiger partial charge on any atom is -0.486 e. The third kappa shape index (κ3) is 3.65. The summed E-state index contributed by atoms with van der Waals surface area (Å²) in [6.07, 6.45) is 0.967. The van der Waals surface area contributed by atoms with Crippen molar-refractivity contribution in [2.75, 3.05) is 26.3 Å². The van der Waals surface area contributed by atoms with Gasteiger partial charge < -0.3 is 14.8 Å². The average Bonchev–Trinajstić information content (AvgIpc) is 2.49. The van der Waals surface area contributed by atoms with Gasteiger partial charge in [0.1, 0.15) is 13.2 Å². The van der Waals surface area contributed by atoms with Crippen LogP contribution in [0.1, 0.15) is 13.3 Å². The summed E-state index contributed by atoms with van der Waals surface area (Å²) in [5.74, 6) is 1.39. The normalized spacial score (nSPS) is 24.4. The van der Waals surface area contributed by atoms with Crippen LogP contribution in [-0.2, 0) is 10.0 Å². The SMILES string of the molecule is CC1CCNCC1NS(=O)(=O)c1ccc2c(c1)OCCO2.Cl. The second kappa shape index (κ2) is 7.04. The number of hydrogen-bond donors (Lipinski definition) is 2. The fraction of sp³-hybridized carbons (Fsp3) is 0.571. The predicted octanol–water partition coefficient (Wildman–Crippen LogP) is 1.16. The molecule has 8 heteroatoms. The molecule has 0 amide bonds. The van der Waals surface area contributed by atoms with E-state index in [1.54, 1.807) is 12.1 Å². The van der Waals surface area contributed by atoms with Crippen molar-refractivity contribution in [1.29, 1.82) is 0 Å². The smallest absolute Gasteiger partial charge is 0.241 e. The van der Waals surface area contributed by atoms with Gasteiger partial charge in [0.25, 0.3) is 0 Å². The lowest BCUT2D eigenvalue weighted by Crippen LogP contribution is -2.50. The van der Waals surface area contributed by atoms with Gasteiger partial charge in [0.15, 0.2) is 11.5 Å². The van der Waals surface area contributed by atoms with Crippen molar-refractivity contribution in [1.82, 2.24) is 10.0 Å². The average molecular weight is 349 g/mol. The maximum atomic E-state index is 12.5. The van der Waals surface area contributed by atoms with Crippen molar-refractivity contribution < 1.29 is 17.9 Å². The second-order valence-electron chi connectivity index (χ2n) is 5.50. The Hall–Kier alpha value is -1.02. The molecule has 2 heterocycles. The van der Waals surface area contributed by atoms with Gasteiger partial charge in [-0.25, -0.2) is 13.1 Å². The fourth-order valence-corrected chi connectivity index (χ4v) is 3.97. The van der Waals surface area contributed by atoms with E-state index in [4.69, 9.17) is 9.47 Å². The van der Waals surface area contributed by atoms with E-state index in [-0.39, 0.29) is 23.3 Å². The Morgan fingerprint density at radius 3 is 2.68 bits per heavy atom. The van der Waals surface area contributed by atoms with Crippen molar-refractivity contribution in [3.05, 3.63) is 18.2 Å². The molecule has 124 valence electrons. The quantitative estimate of drug-likeness (QED) is 0.857. The molecule has 0 spiro atoms. The number of fused-ring (bicyclic) bond motifs is 1. The molecular formula is C14H21ClN2O4S. The molecule has 1 aromatic carbocycles. The van der Waals surface area contributed by atoms with E-state index in [0.29, 0.717) is 37.2 Å². The highest BCUT2D eigenvalue weighted by Gasteiger charge is 2.27. The van der Waals surface area contributed by atoms with Crippen LogP contribution in [0.4, 0.5) is 0 Å². The first kappa shape index (κ1) is 17.3. The fourth-order valence-electron chi connectivity index (χ4n) is 2.61. The second-order valence-corrected chi connectivity index (χ2v) is 7.22. The van der Waals surface area contributed by atoms with Gasteiger partial charge in [0.2, 0.25) is 10.0 Å². The first-order chi connectivity index (χ1) is 10.1. The molecule has 2 N–H and O–H groups in total.